The predicted octanol–water partition coefficient (Wildman–Crippen LogP) is 5.41. The number of nitrogens with zero attached hydrogens (tertiary/aromatic N) is 1. The van der Waals surface area contributed by atoms with Gasteiger partial charge in [0.2, 0.25) is 0 Å². The van der Waals surface area contributed by atoms with E-state index in [9.17, 15) is 4.79 Å². The topological polar surface area (TPSA) is 63.2 Å². The first-order valence-electron chi connectivity index (χ1n) is 6.86. The molecule has 0 atom stereocenters. The lowest BCUT2D eigenvalue weighted by Gasteiger charge is -2.20. The van der Waals surface area contributed by atoms with E-state index in [0.29, 0.717) is 21.7 Å². The third-order valence-corrected chi connectivity index (χ3v) is 4.02. The standard InChI is InChI=1S/C15H17Cl2N3O2S/c1-15(2,3)22-14(21)20-12-5-4-9(6-11(12)16)18-7-10-8-19-13(17)23-10/h4-6,8,18H,7H2,1-3H3,(H,20,21). The summed E-state index contributed by atoms with van der Waals surface area (Å²) in [6.45, 7) is 5.99. The molecule has 8 heteroatoms. The van der Waals surface area contributed by atoms with Crippen LogP contribution in [0.4, 0.5) is 16.2 Å². The highest BCUT2D eigenvalue weighted by Gasteiger charge is 2.17. The summed E-state index contributed by atoms with van der Waals surface area (Å²) in [5.74, 6) is 0. The third-order valence-electron chi connectivity index (χ3n) is 2.60. The van der Waals surface area contributed by atoms with Crippen molar-refractivity contribution >= 4 is 52.0 Å². The number of carbonyl (C=O) groups is 1. The number of aromatic nitrogens is 1. The fourth-order valence-electron chi connectivity index (χ4n) is 1.69. The molecule has 124 valence electrons. The Morgan fingerprint density at radius 3 is 2.65 bits per heavy atom. The second-order valence-corrected chi connectivity index (χ2v) is 7.86. The molecule has 23 heavy (non-hydrogen) atoms. The summed E-state index contributed by atoms with van der Waals surface area (Å²) >= 11 is 13.4. The van der Waals surface area contributed by atoms with Crippen molar-refractivity contribution in [3.8, 4) is 0 Å². The Bertz CT molecular complexity index is 698. The molecule has 5 nitrogen and oxygen atoms in total. The zero-order valence-electron chi connectivity index (χ0n) is 12.9. The number of halogens is 2. The lowest BCUT2D eigenvalue weighted by atomic mass is 10.2. The van der Waals surface area contributed by atoms with Crippen LogP contribution < -0.4 is 10.6 Å². The molecular formula is C15H17Cl2N3O2S. The molecule has 0 bridgehead atoms. The molecule has 1 aromatic carbocycles. The van der Waals surface area contributed by atoms with Gasteiger partial charge in [-0.05, 0) is 39.0 Å². The molecule has 1 heterocycles. The van der Waals surface area contributed by atoms with Crippen LogP contribution >= 0.6 is 34.5 Å². The van der Waals surface area contributed by atoms with E-state index in [0.717, 1.165) is 10.6 Å². The summed E-state index contributed by atoms with van der Waals surface area (Å²) in [7, 11) is 0. The van der Waals surface area contributed by atoms with Crippen LogP contribution in [0.1, 0.15) is 25.6 Å². The van der Waals surface area contributed by atoms with E-state index in [1.54, 1.807) is 39.1 Å². The van der Waals surface area contributed by atoms with Crippen molar-refractivity contribution in [1.29, 1.82) is 0 Å². The first-order chi connectivity index (χ1) is 10.7. The number of carbonyl (C=O) groups excluding carboxylic acids is 1. The third kappa shape index (κ3) is 5.89. The van der Waals surface area contributed by atoms with E-state index in [2.05, 4.69) is 15.6 Å². The van der Waals surface area contributed by atoms with Crippen LogP contribution in [-0.2, 0) is 11.3 Å². The minimum absolute atomic E-state index is 0.420. The van der Waals surface area contributed by atoms with Crippen LogP contribution in [0.25, 0.3) is 0 Å². The molecule has 0 fully saturated rings. The summed E-state index contributed by atoms with van der Waals surface area (Å²) in [5, 5.41) is 6.26. The Morgan fingerprint density at radius 1 is 1.35 bits per heavy atom. The number of nitrogens with one attached hydrogen (secondary N) is 2. The molecule has 0 aliphatic carbocycles. The van der Waals surface area contributed by atoms with E-state index >= 15 is 0 Å². The molecule has 0 unspecified atom stereocenters. The SMILES string of the molecule is CC(C)(C)OC(=O)Nc1ccc(NCc2cnc(Cl)s2)cc1Cl. The molecule has 0 radical (unpaired) electrons. The van der Waals surface area contributed by atoms with Gasteiger partial charge < -0.3 is 10.1 Å². The number of hydrogen-bond acceptors (Lipinski definition) is 5. The molecule has 0 saturated carbocycles. The van der Waals surface area contributed by atoms with Crippen LogP contribution in [0.3, 0.4) is 0 Å². The maximum Gasteiger partial charge on any atom is 0.412 e. The highest BCUT2D eigenvalue weighted by Crippen LogP contribution is 2.27. The molecule has 2 rings (SSSR count). The number of ether oxygens (including phenoxy) is 1. The smallest absolute Gasteiger partial charge is 0.412 e. The molecule has 0 saturated heterocycles. The Labute approximate surface area is 149 Å². The number of hydrogen-bond donors (Lipinski definition) is 2. The van der Waals surface area contributed by atoms with Gasteiger partial charge in [0.15, 0.2) is 4.47 Å². The van der Waals surface area contributed by atoms with Crippen molar-refractivity contribution in [1.82, 2.24) is 4.98 Å². The van der Waals surface area contributed by atoms with E-state index < -0.39 is 11.7 Å². The zero-order valence-corrected chi connectivity index (χ0v) is 15.3. The van der Waals surface area contributed by atoms with Crippen LogP contribution in [0, 0.1) is 0 Å². The van der Waals surface area contributed by atoms with Crippen molar-refractivity contribution in [3.05, 3.63) is 38.8 Å². The highest BCUT2D eigenvalue weighted by atomic mass is 35.5. The van der Waals surface area contributed by atoms with Crippen molar-refractivity contribution in [2.75, 3.05) is 10.6 Å². The van der Waals surface area contributed by atoms with Gasteiger partial charge >= 0.3 is 6.09 Å². The van der Waals surface area contributed by atoms with Gasteiger partial charge in [0.25, 0.3) is 0 Å². The maximum atomic E-state index is 11.8. The van der Waals surface area contributed by atoms with Gasteiger partial charge in [0, 0.05) is 16.8 Å². The maximum absolute atomic E-state index is 11.8. The first-order valence-corrected chi connectivity index (χ1v) is 8.44. The number of rotatable bonds is 4. The summed E-state index contributed by atoms with van der Waals surface area (Å²) < 4.78 is 5.70. The average Bonchev–Trinajstić information content (AvgIpc) is 2.83. The Morgan fingerprint density at radius 2 is 2.09 bits per heavy atom. The van der Waals surface area contributed by atoms with Crippen LogP contribution in [0.2, 0.25) is 9.49 Å². The second kappa shape index (κ2) is 7.38. The molecule has 2 N–H and O–H groups in total. The minimum atomic E-state index is -0.561. The van der Waals surface area contributed by atoms with E-state index in [1.165, 1.54) is 11.3 Å². The average molecular weight is 374 g/mol. The fraction of sp³-hybridized carbons (Fsp3) is 0.333. The highest BCUT2D eigenvalue weighted by molar-refractivity contribution is 7.15. The fourth-order valence-corrected chi connectivity index (χ4v) is 2.84. The van der Waals surface area contributed by atoms with Gasteiger partial charge in [-0.25, -0.2) is 9.78 Å². The lowest BCUT2D eigenvalue weighted by molar-refractivity contribution is 0.0636. The molecular weight excluding hydrogens is 357 g/mol. The van der Waals surface area contributed by atoms with Crippen molar-refractivity contribution in [2.45, 2.75) is 32.9 Å². The molecule has 0 spiro atoms. The van der Waals surface area contributed by atoms with Gasteiger partial charge in [0.1, 0.15) is 5.60 Å². The van der Waals surface area contributed by atoms with Crippen LogP contribution in [-0.4, -0.2) is 16.7 Å². The first kappa shape index (κ1) is 17.8. The predicted molar refractivity (Wildman–Crippen MR) is 95.8 cm³/mol. The van der Waals surface area contributed by atoms with Crippen molar-refractivity contribution in [2.24, 2.45) is 0 Å². The van der Waals surface area contributed by atoms with Crippen molar-refractivity contribution in [3.63, 3.8) is 0 Å². The van der Waals surface area contributed by atoms with E-state index in [4.69, 9.17) is 27.9 Å². The van der Waals surface area contributed by atoms with Crippen molar-refractivity contribution < 1.29 is 9.53 Å². The van der Waals surface area contributed by atoms with Gasteiger partial charge in [0.05, 0.1) is 17.3 Å². The summed E-state index contributed by atoms with van der Waals surface area (Å²) in [5.41, 5.74) is 0.759. The Hall–Kier alpha value is -1.50. The van der Waals surface area contributed by atoms with Gasteiger partial charge in [-0.15, -0.1) is 11.3 Å². The van der Waals surface area contributed by atoms with Gasteiger partial charge in [-0.2, -0.15) is 0 Å². The molecule has 1 aromatic heterocycles. The molecule has 2 aromatic rings. The zero-order chi connectivity index (χ0) is 17.0. The minimum Gasteiger partial charge on any atom is -0.444 e. The lowest BCUT2D eigenvalue weighted by Crippen LogP contribution is -2.27. The molecule has 1 amide bonds. The summed E-state index contributed by atoms with van der Waals surface area (Å²) in [4.78, 5) is 16.7. The Balaban J connectivity index is 1.96. The van der Waals surface area contributed by atoms with Gasteiger partial charge in [-0.3, -0.25) is 5.32 Å². The van der Waals surface area contributed by atoms with Crippen LogP contribution in [0.5, 0.6) is 0 Å². The van der Waals surface area contributed by atoms with E-state index in [-0.39, 0.29) is 0 Å². The normalized spacial score (nSPS) is 11.2. The quantitative estimate of drug-likeness (QED) is 0.751. The molecule has 0 aliphatic rings. The number of benzene rings is 1. The van der Waals surface area contributed by atoms with E-state index in [1.807, 2.05) is 6.07 Å². The number of amides is 1. The summed E-state index contributed by atoms with van der Waals surface area (Å²) in [6, 6.07) is 5.27. The molecule has 0 aliphatic heterocycles. The monoisotopic (exact) mass is 373 g/mol. The second-order valence-electron chi connectivity index (χ2n) is 5.75. The number of thiazole rings is 1. The summed E-state index contributed by atoms with van der Waals surface area (Å²) in [6.07, 6.45) is 1.18. The van der Waals surface area contributed by atoms with Crippen LogP contribution in [0.15, 0.2) is 24.4 Å². The Kier molecular flexibility index (Phi) is 5.73. The number of anilines is 2. The van der Waals surface area contributed by atoms with Gasteiger partial charge in [-0.1, -0.05) is 23.2 Å². The largest absolute Gasteiger partial charge is 0.444 e.